The molecule has 152 valence electrons. The summed E-state index contributed by atoms with van der Waals surface area (Å²) in [5, 5.41) is 0. The molecule has 0 unspecified atom stereocenters. The van der Waals surface area contributed by atoms with Crippen LogP contribution in [0.5, 0.6) is 0 Å². The van der Waals surface area contributed by atoms with Gasteiger partial charge in [0.15, 0.2) is 0 Å². The maximum Gasteiger partial charge on any atom is 0.314 e. The number of aryl methyl sites for hydroxylation is 6. The lowest BCUT2D eigenvalue weighted by molar-refractivity contribution is 0.405. The molecule has 2 N–H and O–H groups in total. The summed E-state index contributed by atoms with van der Waals surface area (Å²) >= 11 is 0. The molecule has 0 spiro atoms. The van der Waals surface area contributed by atoms with Crippen LogP contribution in [0.15, 0.2) is 72.8 Å². The Bertz CT molecular complexity index is 674. The van der Waals surface area contributed by atoms with E-state index in [1.165, 1.54) is 33.4 Å². The fourth-order valence-corrected chi connectivity index (χ4v) is 1.99. The summed E-state index contributed by atoms with van der Waals surface area (Å²) in [4.78, 5) is 14.3. The first-order chi connectivity index (χ1) is 13.1. The van der Waals surface area contributed by atoms with Crippen molar-refractivity contribution in [3.05, 3.63) is 106 Å². The molecule has 3 nitrogen and oxygen atoms in total. The fourth-order valence-electron chi connectivity index (χ4n) is 1.99. The van der Waals surface area contributed by atoms with Gasteiger partial charge in [-0.25, -0.2) is 0 Å². The fraction of sp³-hybridized carbons (Fsp3) is 0.250. The molecular formula is C24H33O3P. The molecule has 3 aromatic carbocycles. The summed E-state index contributed by atoms with van der Waals surface area (Å²) in [5.41, 5.74) is 8.21. The highest BCUT2D eigenvalue weighted by atomic mass is 31.1. The number of rotatable bonds is 0. The molecule has 4 heteroatoms. The Kier molecular flexibility index (Phi) is 13.7. The summed E-state index contributed by atoms with van der Waals surface area (Å²) in [5.74, 6) is 0. The molecule has 0 bridgehead atoms. The van der Waals surface area contributed by atoms with Gasteiger partial charge < -0.3 is 9.79 Å². The van der Waals surface area contributed by atoms with Crippen molar-refractivity contribution < 1.29 is 14.4 Å². The van der Waals surface area contributed by atoms with Crippen molar-refractivity contribution in [2.45, 2.75) is 41.5 Å². The van der Waals surface area contributed by atoms with Crippen molar-refractivity contribution in [1.82, 2.24) is 0 Å². The minimum absolute atomic E-state index is 1.37. The molecule has 0 aliphatic rings. The summed E-state index contributed by atoms with van der Waals surface area (Å²) in [6.07, 6.45) is 0. The van der Waals surface area contributed by atoms with Crippen LogP contribution in [0.4, 0.5) is 0 Å². The smallest absolute Gasteiger partial charge is 0.314 e. The molecule has 3 rings (SSSR count). The standard InChI is InChI=1S/3C8H10.H3O3P/c3*1-7-5-3-4-6-8(7)2;1-4(2)3/h3*3-6H,1-2H3;4H,(H2,1,2,3). The first-order valence-electron chi connectivity index (χ1n) is 9.13. The molecule has 0 fully saturated rings. The lowest BCUT2D eigenvalue weighted by Gasteiger charge is -1.93. The maximum absolute atomic E-state index is 8.74. The van der Waals surface area contributed by atoms with Crippen molar-refractivity contribution in [3.8, 4) is 0 Å². The zero-order valence-electron chi connectivity index (χ0n) is 17.7. The predicted molar refractivity (Wildman–Crippen MR) is 121 cm³/mol. The molecule has 0 heterocycles. The molecule has 0 saturated heterocycles. The monoisotopic (exact) mass is 400 g/mol. The third kappa shape index (κ3) is 13.1. The highest BCUT2D eigenvalue weighted by Crippen LogP contribution is 2.04. The normalized spacial score (nSPS) is 9.18. The van der Waals surface area contributed by atoms with Gasteiger partial charge in [-0.1, -0.05) is 72.8 Å². The SMILES string of the molecule is Cc1ccccc1C.Cc1ccccc1C.Cc1ccccc1C.O=[PH](O)O. The molecule has 0 atom stereocenters. The van der Waals surface area contributed by atoms with Crippen molar-refractivity contribution in [2.75, 3.05) is 0 Å². The van der Waals surface area contributed by atoms with Gasteiger partial charge in [-0.05, 0) is 74.9 Å². The topological polar surface area (TPSA) is 57.5 Å². The summed E-state index contributed by atoms with van der Waals surface area (Å²) < 4.78 is 8.74. The van der Waals surface area contributed by atoms with E-state index in [0.717, 1.165) is 0 Å². The van der Waals surface area contributed by atoms with Gasteiger partial charge in [0.1, 0.15) is 0 Å². The van der Waals surface area contributed by atoms with Crippen LogP contribution in [0.25, 0.3) is 0 Å². The summed E-state index contributed by atoms with van der Waals surface area (Å²) in [7, 11) is -3.13. The largest absolute Gasteiger partial charge is 0.326 e. The van der Waals surface area contributed by atoms with E-state index in [1.54, 1.807) is 0 Å². The Morgan fingerprint density at radius 3 is 0.643 bits per heavy atom. The quantitative estimate of drug-likeness (QED) is 0.437. The van der Waals surface area contributed by atoms with E-state index in [0.29, 0.717) is 0 Å². The van der Waals surface area contributed by atoms with Crippen LogP contribution < -0.4 is 0 Å². The van der Waals surface area contributed by atoms with Gasteiger partial charge in [-0.2, -0.15) is 0 Å². The minimum atomic E-state index is -3.13. The molecule has 0 aromatic heterocycles. The van der Waals surface area contributed by atoms with Gasteiger partial charge in [0.2, 0.25) is 0 Å². The summed E-state index contributed by atoms with van der Waals surface area (Å²) in [6.45, 7) is 12.7. The van der Waals surface area contributed by atoms with E-state index in [2.05, 4.69) is 114 Å². The van der Waals surface area contributed by atoms with E-state index < -0.39 is 8.25 Å². The van der Waals surface area contributed by atoms with E-state index in [4.69, 9.17) is 14.4 Å². The average molecular weight is 400 g/mol. The molecule has 0 aliphatic heterocycles. The number of benzene rings is 3. The van der Waals surface area contributed by atoms with Crippen LogP contribution >= 0.6 is 8.25 Å². The average Bonchev–Trinajstić information content (AvgIpc) is 2.63. The molecule has 0 radical (unpaired) electrons. The van der Waals surface area contributed by atoms with E-state index in [-0.39, 0.29) is 0 Å². The van der Waals surface area contributed by atoms with Crippen molar-refractivity contribution in [2.24, 2.45) is 0 Å². The molecule has 0 saturated carbocycles. The highest BCUT2D eigenvalue weighted by molar-refractivity contribution is 7.30. The second-order valence-electron chi connectivity index (χ2n) is 6.54. The number of hydrogen-bond donors (Lipinski definition) is 2. The maximum atomic E-state index is 8.74. The van der Waals surface area contributed by atoms with Crippen LogP contribution in [0, 0.1) is 41.5 Å². The highest BCUT2D eigenvalue weighted by Gasteiger charge is 1.85. The second kappa shape index (κ2) is 14.8. The lowest BCUT2D eigenvalue weighted by atomic mass is 10.1. The van der Waals surface area contributed by atoms with Gasteiger partial charge >= 0.3 is 8.25 Å². The first-order valence-corrected chi connectivity index (χ1v) is 10.4. The van der Waals surface area contributed by atoms with Gasteiger partial charge in [0, 0.05) is 0 Å². The van der Waals surface area contributed by atoms with Crippen molar-refractivity contribution >= 4 is 8.25 Å². The second-order valence-corrected chi connectivity index (χ2v) is 7.10. The van der Waals surface area contributed by atoms with E-state index in [1.807, 2.05) is 0 Å². The van der Waals surface area contributed by atoms with E-state index in [9.17, 15) is 0 Å². The van der Waals surface area contributed by atoms with E-state index >= 15 is 0 Å². The molecule has 28 heavy (non-hydrogen) atoms. The Morgan fingerprint density at radius 2 is 0.571 bits per heavy atom. The van der Waals surface area contributed by atoms with Crippen molar-refractivity contribution in [3.63, 3.8) is 0 Å². The van der Waals surface area contributed by atoms with Gasteiger partial charge in [-0.3, -0.25) is 4.57 Å². The first kappa shape index (κ1) is 25.8. The Balaban J connectivity index is 0.000000358. The zero-order chi connectivity index (χ0) is 21.5. The molecule has 0 aliphatic carbocycles. The summed E-state index contributed by atoms with van der Waals surface area (Å²) in [6, 6.07) is 25.1. The Morgan fingerprint density at radius 1 is 0.464 bits per heavy atom. The molecular weight excluding hydrogens is 367 g/mol. The van der Waals surface area contributed by atoms with Crippen molar-refractivity contribution in [1.29, 1.82) is 0 Å². The number of hydrogen-bond acceptors (Lipinski definition) is 1. The van der Waals surface area contributed by atoms with Crippen LogP contribution in [-0.2, 0) is 4.57 Å². The van der Waals surface area contributed by atoms with Gasteiger partial charge in [-0.15, -0.1) is 0 Å². The third-order valence-corrected chi connectivity index (χ3v) is 4.28. The third-order valence-electron chi connectivity index (χ3n) is 4.28. The lowest BCUT2D eigenvalue weighted by Crippen LogP contribution is -1.74. The van der Waals surface area contributed by atoms with Crippen LogP contribution in [-0.4, -0.2) is 9.79 Å². The van der Waals surface area contributed by atoms with Gasteiger partial charge in [0.25, 0.3) is 0 Å². The Hall–Kier alpha value is -2.19. The minimum Gasteiger partial charge on any atom is -0.326 e. The van der Waals surface area contributed by atoms with Crippen LogP contribution in [0.3, 0.4) is 0 Å². The van der Waals surface area contributed by atoms with Gasteiger partial charge in [0.05, 0.1) is 0 Å². The molecule has 0 amide bonds. The Labute approximate surface area is 170 Å². The molecule has 3 aromatic rings. The zero-order valence-corrected chi connectivity index (χ0v) is 18.7. The predicted octanol–water partition coefficient (Wildman–Crippen LogP) is 6.27. The van der Waals surface area contributed by atoms with Crippen LogP contribution in [0.1, 0.15) is 33.4 Å². The van der Waals surface area contributed by atoms with Crippen LogP contribution in [0.2, 0.25) is 0 Å².